The van der Waals surface area contributed by atoms with Crippen LogP contribution in [0.1, 0.15) is 29.9 Å². The van der Waals surface area contributed by atoms with Gasteiger partial charge in [-0.25, -0.2) is 0 Å². The second-order valence-electron chi connectivity index (χ2n) is 4.37. The van der Waals surface area contributed by atoms with E-state index in [1.54, 1.807) is 0 Å². The van der Waals surface area contributed by atoms with Crippen molar-refractivity contribution in [3.05, 3.63) is 10.9 Å². The van der Waals surface area contributed by atoms with E-state index in [0.717, 1.165) is 11.5 Å². The average molecular weight is 255 g/mol. The molecule has 0 saturated heterocycles. The lowest BCUT2D eigenvalue weighted by atomic mass is 10.2. The molecule has 1 atom stereocenters. The van der Waals surface area contributed by atoms with E-state index in [9.17, 15) is 4.79 Å². The maximum Gasteiger partial charge on any atom is 0.174 e. The molecule has 1 aromatic heterocycles. The first-order valence-electron chi connectivity index (χ1n) is 5.78. The molecule has 1 heterocycles. The van der Waals surface area contributed by atoms with Crippen LogP contribution in [0, 0.1) is 0 Å². The molecule has 0 fully saturated rings. The molecule has 0 aliphatic carbocycles. The highest BCUT2D eigenvalue weighted by Gasteiger charge is 2.13. The predicted octanol–water partition coefficient (Wildman–Crippen LogP) is 2.29. The van der Waals surface area contributed by atoms with Gasteiger partial charge in [-0.1, -0.05) is 6.92 Å². The smallest absolute Gasteiger partial charge is 0.174 e. The van der Waals surface area contributed by atoms with Crippen molar-refractivity contribution in [1.29, 1.82) is 0 Å². The molecule has 3 N–H and O–H groups in total. The molecule has 1 unspecified atom stereocenters. The minimum absolute atomic E-state index is 0.112. The number of likely N-dealkylation sites (N-methyl/N-ethyl adjacent to an activating group) is 1. The lowest BCUT2D eigenvalue weighted by molar-refractivity contribution is 0.0993. The standard InChI is InChI=1S/C12H21N3OS/c1-5-10(16)12-9(13)6-11(17-12)14-7-8(2)15(3)4/h6,8,14H,5,7,13H2,1-4H3. The number of hydrogen-bond acceptors (Lipinski definition) is 5. The predicted molar refractivity (Wildman–Crippen MR) is 75.0 cm³/mol. The third kappa shape index (κ3) is 3.71. The highest BCUT2D eigenvalue weighted by atomic mass is 32.1. The first-order chi connectivity index (χ1) is 7.95. The van der Waals surface area contributed by atoms with Crippen LogP contribution in [-0.4, -0.2) is 37.4 Å². The molecule has 0 amide bonds. The summed E-state index contributed by atoms with van der Waals surface area (Å²) in [5.74, 6) is 0.112. The average Bonchev–Trinajstić information content (AvgIpc) is 2.66. The number of Topliss-reactive ketones (excluding diaryl/α,β-unsaturated/α-hetero) is 1. The molecule has 17 heavy (non-hydrogen) atoms. The quantitative estimate of drug-likeness (QED) is 0.766. The number of carbonyl (C=O) groups is 1. The van der Waals surface area contributed by atoms with Crippen molar-refractivity contribution in [2.75, 3.05) is 31.7 Å². The van der Waals surface area contributed by atoms with E-state index in [0.29, 0.717) is 23.0 Å². The molecule has 0 spiro atoms. The molecule has 0 radical (unpaired) electrons. The number of rotatable bonds is 6. The van der Waals surface area contributed by atoms with Crippen molar-refractivity contribution in [3.63, 3.8) is 0 Å². The van der Waals surface area contributed by atoms with E-state index in [-0.39, 0.29) is 5.78 Å². The Morgan fingerprint density at radius 2 is 2.24 bits per heavy atom. The van der Waals surface area contributed by atoms with Crippen molar-refractivity contribution in [3.8, 4) is 0 Å². The Bertz CT molecular complexity index is 387. The molecular formula is C12H21N3OS. The Balaban J connectivity index is 2.65. The normalized spacial score (nSPS) is 12.8. The fourth-order valence-corrected chi connectivity index (χ4v) is 2.30. The van der Waals surface area contributed by atoms with Crippen molar-refractivity contribution >= 4 is 27.8 Å². The van der Waals surface area contributed by atoms with Crippen molar-refractivity contribution in [2.24, 2.45) is 0 Å². The van der Waals surface area contributed by atoms with Crippen LogP contribution in [0.2, 0.25) is 0 Å². The summed E-state index contributed by atoms with van der Waals surface area (Å²) in [5.41, 5.74) is 6.41. The van der Waals surface area contributed by atoms with Crippen LogP contribution in [0.25, 0.3) is 0 Å². The summed E-state index contributed by atoms with van der Waals surface area (Å²) < 4.78 is 0. The van der Waals surface area contributed by atoms with Crippen molar-refractivity contribution in [1.82, 2.24) is 4.90 Å². The van der Waals surface area contributed by atoms with E-state index < -0.39 is 0 Å². The fraction of sp³-hybridized carbons (Fsp3) is 0.583. The number of carbonyl (C=O) groups excluding carboxylic acids is 1. The summed E-state index contributed by atoms with van der Waals surface area (Å²) in [6, 6.07) is 2.28. The van der Waals surface area contributed by atoms with Crippen LogP contribution in [0.3, 0.4) is 0 Å². The monoisotopic (exact) mass is 255 g/mol. The van der Waals surface area contributed by atoms with Gasteiger partial charge in [0.1, 0.15) is 0 Å². The zero-order chi connectivity index (χ0) is 13.0. The van der Waals surface area contributed by atoms with Crippen molar-refractivity contribution in [2.45, 2.75) is 26.3 Å². The molecule has 1 rings (SSSR count). The number of nitrogen functional groups attached to an aromatic ring is 1. The fourth-order valence-electron chi connectivity index (χ4n) is 1.30. The second-order valence-corrected chi connectivity index (χ2v) is 5.42. The summed E-state index contributed by atoms with van der Waals surface area (Å²) in [6.45, 7) is 4.83. The lowest BCUT2D eigenvalue weighted by Gasteiger charge is -2.19. The summed E-state index contributed by atoms with van der Waals surface area (Å²) >= 11 is 1.44. The van der Waals surface area contributed by atoms with Crippen LogP contribution in [0.4, 0.5) is 10.7 Å². The highest BCUT2D eigenvalue weighted by Crippen LogP contribution is 2.30. The number of thiophene rings is 1. The zero-order valence-electron chi connectivity index (χ0n) is 10.9. The largest absolute Gasteiger partial charge is 0.397 e. The van der Waals surface area contributed by atoms with Gasteiger partial charge in [-0.15, -0.1) is 11.3 Å². The van der Waals surface area contributed by atoms with Crippen LogP contribution in [0.15, 0.2) is 6.07 Å². The van der Waals surface area contributed by atoms with Gasteiger partial charge in [-0.2, -0.15) is 0 Å². The van der Waals surface area contributed by atoms with Gasteiger partial charge in [0, 0.05) is 19.0 Å². The summed E-state index contributed by atoms with van der Waals surface area (Å²) in [7, 11) is 4.09. The van der Waals surface area contributed by atoms with Crippen LogP contribution in [0.5, 0.6) is 0 Å². The van der Waals surface area contributed by atoms with Gasteiger partial charge in [-0.3, -0.25) is 4.79 Å². The van der Waals surface area contributed by atoms with E-state index >= 15 is 0 Å². The Kier molecular flexibility index (Phi) is 4.96. The van der Waals surface area contributed by atoms with Crippen molar-refractivity contribution < 1.29 is 4.79 Å². The number of anilines is 2. The molecule has 96 valence electrons. The third-order valence-electron chi connectivity index (χ3n) is 2.79. The molecule has 1 aromatic rings. The SMILES string of the molecule is CCC(=O)c1sc(NCC(C)N(C)C)cc1N. The molecule has 5 heteroatoms. The Hall–Kier alpha value is -1.07. The Morgan fingerprint density at radius 1 is 1.59 bits per heavy atom. The summed E-state index contributed by atoms with van der Waals surface area (Å²) in [5, 5.41) is 4.28. The van der Waals surface area contributed by atoms with Crippen LogP contribution >= 0.6 is 11.3 Å². The molecular weight excluding hydrogens is 234 g/mol. The number of nitrogens with one attached hydrogen (secondary N) is 1. The molecule has 4 nitrogen and oxygen atoms in total. The molecule has 0 aliphatic rings. The van der Waals surface area contributed by atoms with Gasteiger partial charge < -0.3 is 16.0 Å². The lowest BCUT2D eigenvalue weighted by Crippen LogP contribution is -2.31. The van der Waals surface area contributed by atoms with E-state index in [2.05, 4.69) is 17.1 Å². The number of hydrogen-bond donors (Lipinski definition) is 2. The molecule has 0 saturated carbocycles. The zero-order valence-corrected chi connectivity index (χ0v) is 11.7. The van der Waals surface area contributed by atoms with E-state index in [1.165, 1.54) is 11.3 Å². The first-order valence-corrected chi connectivity index (χ1v) is 6.60. The minimum Gasteiger partial charge on any atom is -0.397 e. The maximum atomic E-state index is 11.6. The summed E-state index contributed by atoms with van der Waals surface area (Å²) in [4.78, 5) is 14.4. The van der Waals surface area contributed by atoms with Gasteiger partial charge in [0.15, 0.2) is 5.78 Å². The Morgan fingerprint density at radius 3 is 2.76 bits per heavy atom. The van der Waals surface area contributed by atoms with Gasteiger partial charge >= 0.3 is 0 Å². The molecule has 0 bridgehead atoms. The number of nitrogens with zero attached hydrogens (tertiary/aromatic N) is 1. The highest BCUT2D eigenvalue weighted by molar-refractivity contribution is 7.18. The molecule has 0 aromatic carbocycles. The third-order valence-corrected chi connectivity index (χ3v) is 3.94. The van der Waals surface area contributed by atoms with E-state index in [4.69, 9.17) is 5.73 Å². The topological polar surface area (TPSA) is 58.4 Å². The number of nitrogens with two attached hydrogens (primary N) is 1. The van der Waals surface area contributed by atoms with Crippen LogP contribution in [-0.2, 0) is 0 Å². The van der Waals surface area contributed by atoms with Gasteiger partial charge in [-0.05, 0) is 27.1 Å². The minimum atomic E-state index is 0.112. The van der Waals surface area contributed by atoms with Gasteiger partial charge in [0.05, 0.1) is 15.6 Å². The number of ketones is 1. The maximum absolute atomic E-state index is 11.6. The second kappa shape index (κ2) is 6.02. The first kappa shape index (κ1) is 14.0. The molecule has 0 aliphatic heterocycles. The van der Waals surface area contributed by atoms with Crippen LogP contribution < -0.4 is 11.1 Å². The van der Waals surface area contributed by atoms with E-state index in [1.807, 2.05) is 27.1 Å². The van der Waals surface area contributed by atoms with Gasteiger partial charge in [0.25, 0.3) is 0 Å². The van der Waals surface area contributed by atoms with Gasteiger partial charge in [0.2, 0.25) is 0 Å². The Labute approximate surface area is 107 Å². The summed E-state index contributed by atoms with van der Waals surface area (Å²) in [6.07, 6.45) is 0.498.